The van der Waals surface area contributed by atoms with E-state index in [1.54, 1.807) is 0 Å². The van der Waals surface area contributed by atoms with Crippen molar-refractivity contribution in [2.75, 3.05) is 4.90 Å². The summed E-state index contributed by atoms with van der Waals surface area (Å²) in [5, 5.41) is 0. The molecule has 0 N–H and O–H groups in total. The highest BCUT2D eigenvalue weighted by Crippen LogP contribution is 2.53. The lowest BCUT2D eigenvalue weighted by molar-refractivity contribution is 0.474. The van der Waals surface area contributed by atoms with Gasteiger partial charge in [0, 0.05) is 45.1 Å². The van der Waals surface area contributed by atoms with Crippen LogP contribution in [0.15, 0.2) is 200 Å². The molecule has 0 fully saturated rings. The van der Waals surface area contributed by atoms with Gasteiger partial charge in [0.25, 0.3) is 0 Å². The molecule has 8 aromatic carbocycles. The molecule has 0 saturated carbocycles. The Kier molecular flexibility index (Phi) is 7.85. The van der Waals surface area contributed by atoms with E-state index in [-0.39, 0.29) is 5.41 Å². The molecule has 1 heterocycles. The fourth-order valence-electron chi connectivity index (χ4n) is 8.69. The van der Waals surface area contributed by atoms with Gasteiger partial charge in [-0.05, 0) is 80.9 Å². The van der Waals surface area contributed by atoms with Gasteiger partial charge in [0.05, 0.1) is 5.69 Å². The molecule has 0 atom stereocenters. The summed E-state index contributed by atoms with van der Waals surface area (Å²) in [6, 6.07) is 71.9. The van der Waals surface area contributed by atoms with Crippen molar-refractivity contribution in [3.05, 3.63) is 234 Å². The van der Waals surface area contributed by atoms with Crippen LogP contribution < -0.4 is 9.64 Å². The summed E-state index contributed by atoms with van der Waals surface area (Å²) < 4.78 is 6.90. The van der Waals surface area contributed by atoms with E-state index in [1.165, 1.54) is 33.4 Å². The van der Waals surface area contributed by atoms with Gasteiger partial charge in [-0.3, -0.25) is 0 Å². The molecule has 0 amide bonds. The van der Waals surface area contributed by atoms with Crippen LogP contribution in [0.3, 0.4) is 0 Å². The predicted octanol–water partition coefficient (Wildman–Crippen LogP) is 14.2. The van der Waals surface area contributed by atoms with Crippen LogP contribution in [0.1, 0.15) is 47.2 Å². The summed E-state index contributed by atoms with van der Waals surface area (Å²) in [4.78, 5) is 2.41. The topological polar surface area (TPSA) is 12.5 Å². The van der Waals surface area contributed by atoms with Crippen molar-refractivity contribution >= 4 is 28.2 Å². The number of nitrogens with zero attached hydrogens (tertiary/aromatic N) is 1. The molecule has 8 aromatic rings. The predicted molar refractivity (Wildman–Crippen MR) is 229 cm³/mol. The summed E-state index contributed by atoms with van der Waals surface area (Å²) in [7, 11) is 0. The minimum atomic E-state index is -0.139. The second kappa shape index (κ2) is 13.2. The van der Waals surface area contributed by atoms with E-state index in [1.807, 2.05) is 0 Å². The quantitative estimate of drug-likeness (QED) is 0.171. The van der Waals surface area contributed by atoms with Crippen LogP contribution in [-0.4, -0.2) is 0 Å². The first kappa shape index (κ1) is 32.7. The molecule has 262 valence electrons. The third-order valence-electron chi connectivity index (χ3n) is 11.3. The molecule has 2 aliphatic rings. The summed E-state index contributed by atoms with van der Waals surface area (Å²) in [6.07, 6.45) is 0. The van der Waals surface area contributed by atoms with Crippen LogP contribution >= 0.6 is 0 Å². The summed E-state index contributed by atoms with van der Waals surface area (Å²) in [5.41, 5.74) is 17.5. The van der Waals surface area contributed by atoms with Gasteiger partial charge in [0.2, 0.25) is 0 Å². The number of hydrogen-bond acceptors (Lipinski definition) is 2. The van der Waals surface area contributed by atoms with Gasteiger partial charge in [-0.25, -0.2) is 0 Å². The number of anilines is 3. The Bertz CT molecular complexity index is 2700. The standard InChI is InChI=1S/C53H39NO/c1-53(2)46-27-15-12-25-42(46)43-32-30-39(34-47(43)53)54(48-28-16-13-24-41(48)36-18-6-3-7-19-36)40-31-33-45-50(35-40)55-49-29-17-14-26-44(49)52(45)51(37-20-8-4-9-21-37)38-22-10-5-11-23-38/h3-35H,1-2H3. The van der Waals surface area contributed by atoms with Crippen molar-refractivity contribution in [2.45, 2.75) is 19.3 Å². The van der Waals surface area contributed by atoms with Crippen molar-refractivity contribution < 1.29 is 4.74 Å². The Morgan fingerprint density at radius 3 is 1.64 bits per heavy atom. The van der Waals surface area contributed by atoms with Gasteiger partial charge in [0.1, 0.15) is 11.5 Å². The van der Waals surface area contributed by atoms with Gasteiger partial charge in [0.15, 0.2) is 0 Å². The first-order chi connectivity index (χ1) is 27.1. The van der Waals surface area contributed by atoms with Crippen LogP contribution in [0.25, 0.3) is 33.4 Å². The lowest BCUT2D eigenvalue weighted by Gasteiger charge is -2.31. The van der Waals surface area contributed by atoms with Gasteiger partial charge < -0.3 is 9.64 Å². The Labute approximate surface area is 323 Å². The molecule has 0 spiro atoms. The number of ether oxygens (including phenoxy) is 1. The minimum absolute atomic E-state index is 0.139. The number of fused-ring (bicyclic) bond motifs is 5. The molecular formula is C53H39NO. The first-order valence-electron chi connectivity index (χ1n) is 19.0. The Morgan fingerprint density at radius 1 is 0.418 bits per heavy atom. The van der Waals surface area contributed by atoms with E-state index < -0.39 is 0 Å². The fraction of sp³-hybridized carbons (Fsp3) is 0.0566. The van der Waals surface area contributed by atoms with E-state index in [0.29, 0.717) is 0 Å². The average molecular weight is 706 g/mol. The Hall–Kier alpha value is -6.90. The number of hydrogen-bond donors (Lipinski definition) is 0. The van der Waals surface area contributed by atoms with Crippen LogP contribution in [0.5, 0.6) is 11.5 Å². The average Bonchev–Trinajstić information content (AvgIpc) is 3.47. The van der Waals surface area contributed by atoms with Gasteiger partial charge >= 0.3 is 0 Å². The molecule has 0 aromatic heterocycles. The third-order valence-corrected chi connectivity index (χ3v) is 11.3. The molecule has 0 saturated heterocycles. The monoisotopic (exact) mass is 705 g/mol. The minimum Gasteiger partial charge on any atom is -0.456 e. The normalized spacial score (nSPS) is 13.2. The number of benzene rings is 8. The number of rotatable bonds is 6. The van der Waals surface area contributed by atoms with Crippen LogP contribution in [0, 0.1) is 0 Å². The number of para-hydroxylation sites is 2. The molecule has 1 aliphatic carbocycles. The van der Waals surface area contributed by atoms with Crippen LogP contribution in [0.2, 0.25) is 0 Å². The van der Waals surface area contributed by atoms with E-state index in [2.05, 4.69) is 219 Å². The highest BCUT2D eigenvalue weighted by atomic mass is 16.5. The van der Waals surface area contributed by atoms with E-state index in [4.69, 9.17) is 4.74 Å². The Balaban J connectivity index is 1.21. The zero-order valence-electron chi connectivity index (χ0n) is 30.9. The lowest BCUT2D eigenvalue weighted by atomic mass is 9.82. The maximum atomic E-state index is 6.90. The highest BCUT2D eigenvalue weighted by molar-refractivity contribution is 6.08. The lowest BCUT2D eigenvalue weighted by Crippen LogP contribution is -2.17. The van der Waals surface area contributed by atoms with Crippen molar-refractivity contribution in [2.24, 2.45) is 0 Å². The molecule has 2 nitrogen and oxygen atoms in total. The summed E-state index contributed by atoms with van der Waals surface area (Å²) in [6.45, 7) is 4.69. The molecule has 1 aliphatic heterocycles. The maximum absolute atomic E-state index is 6.90. The van der Waals surface area contributed by atoms with Gasteiger partial charge in [-0.2, -0.15) is 0 Å². The smallest absolute Gasteiger partial charge is 0.137 e. The SMILES string of the molecule is CC1(C)c2ccccc2-c2ccc(N(c3ccc4c(c3)Oc3ccccc3C4=C(c3ccccc3)c3ccccc3)c3ccccc3-c3ccccc3)cc21. The van der Waals surface area contributed by atoms with Gasteiger partial charge in [-0.15, -0.1) is 0 Å². The molecule has 2 heteroatoms. The van der Waals surface area contributed by atoms with E-state index >= 15 is 0 Å². The molecular weight excluding hydrogens is 667 g/mol. The maximum Gasteiger partial charge on any atom is 0.137 e. The molecule has 55 heavy (non-hydrogen) atoms. The largest absolute Gasteiger partial charge is 0.456 e. The second-order valence-corrected chi connectivity index (χ2v) is 14.9. The van der Waals surface area contributed by atoms with Crippen LogP contribution in [0.4, 0.5) is 17.1 Å². The van der Waals surface area contributed by atoms with Crippen molar-refractivity contribution in [1.82, 2.24) is 0 Å². The fourth-order valence-corrected chi connectivity index (χ4v) is 8.69. The molecule has 0 radical (unpaired) electrons. The molecule has 0 unspecified atom stereocenters. The molecule has 0 bridgehead atoms. The zero-order chi connectivity index (χ0) is 36.9. The second-order valence-electron chi connectivity index (χ2n) is 14.9. The first-order valence-corrected chi connectivity index (χ1v) is 19.0. The van der Waals surface area contributed by atoms with E-state index in [0.717, 1.165) is 62.0 Å². The zero-order valence-corrected chi connectivity index (χ0v) is 30.9. The Morgan fingerprint density at radius 2 is 0.927 bits per heavy atom. The summed E-state index contributed by atoms with van der Waals surface area (Å²) in [5.74, 6) is 1.67. The van der Waals surface area contributed by atoms with Crippen molar-refractivity contribution in [3.63, 3.8) is 0 Å². The third kappa shape index (κ3) is 5.49. The van der Waals surface area contributed by atoms with Crippen LogP contribution in [-0.2, 0) is 5.41 Å². The van der Waals surface area contributed by atoms with Crippen molar-refractivity contribution in [3.8, 4) is 33.8 Å². The van der Waals surface area contributed by atoms with Gasteiger partial charge in [-0.1, -0.05) is 172 Å². The molecule has 10 rings (SSSR count). The van der Waals surface area contributed by atoms with Crippen molar-refractivity contribution in [1.29, 1.82) is 0 Å². The van der Waals surface area contributed by atoms with E-state index in [9.17, 15) is 0 Å². The summed E-state index contributed by atoms with van der Waals surface area (Å²) >= 11 is 0. The highest BCUT2D eigenvalue weighted by Gasteiger charge is 2.36.